The van der Waals surface area contributed by atoms with E-state index in [0.29, 0.717) is 0 Å². The van der Waals surface area contributed by atoms with Gasteiger partial charge in [-0.05, 0) is 19.9 Å². The monoisotopic (exact) mass is 200 g/mol. The number of halogens is 1. The Labute approximate surface area is 83.6 Å². The van der Waals surface area contributed by atoms with Crippen LogP contribution in [0.15, 0.2) is 16.7 Å². The molecule has 0 fully saturated rings. The van der Waals surface area contributed by atoms with Crippen molar-refractivity contribution in [2.75, 3.05) is 13.1 Å². The maximum Gasteiger partial charge on any atom is 0.164 e. The van der Waals surface area contributed by atoms with Crippen LogP contribution in [0.4, 0.5) is 0 Å². The van der Waals surface area contributed by atoms with E-state index < -0.39 is 0 Å². The van der Waals surface area contributed by atoms with Crippen LogP contribution in [-0.4, -0.2) is 18.2 Å². The SMILES string of the molecule is Cc1cc(C2=CCCNC2)on1.Cl. The Balaban J connectivity index is 0.000000845. The smallest absolute Gasteiger partial charge is 0.164 e. The molecule has 4 heteroatoms. The summed E-state index contributed by atoms with van der Waals surface area (Å²) in [6, 6.07) is 1.97. The van der Waals surface area contributed by atoms with Gasteiger partial charge in [0.15, 0.2) is 5.76 Å². The maximum atomic E-state index is 5.15. The fourth-order valence-corrected chi connectivity index (χ4v) is 1.35. The van der Waals surface area contributed by atoms with Crippen molar-refractivity contribution in [1.82, 2.24) is 10.5 Å². The second-order valence-corrected chi connectivity index (χ2v) is 3.03. The average Bonchev–Trinajstić information content (AvgIpc) is 2.54. The van der Waals surface area contributed by atoms with Gasteiger partial charge in [-0.2, -0.15) is 0 Å². The number of nitrogens with one attached hydrogen (secondary N) is 1. The number of hydrogen-bond acceptors (Lipinski definition) is 3. The zero-order valence-corrected chi connectivity index (χ0v) is 8.36. The molecule has 72 valence electrons. The molecule has 1 aromatic rings. The molecule has 0 unspecified atom stereocenters. The highest BCUT2D eigenvalue weighted by molar-refractivity contribution is 5.85. The van der Waals surface area contributed by atoms with Crippen molar-refractivity contribution in [3.05, 3.63) is 23.6 Å². The Kier molecular flexibility index (Phi) is 3.51. The summed E-state index contributed by atoms with van der Waals surface area (Å²) in [6.45, 7) is 3.90. The molecule has 0 bridgehead atoms. The molecule has 1 aliphatic heterocycles. The third kappa shape index (κ3) is 2.32. The van der Waals surface area contributed by atoms with Crippen LogP contribution in [-0.2, 0) is 0 Å². The van der Waals surface area contributed by atoms with Gasteiger partial charge in [-0.15, -0.1) is 12.4 Å². The van der Waals surface area contributed by atoms with Crippen LogP contribution in [0.5, 0.6) is 0 Å². The summed E-state index contributed by atoms with van der Waals surface area (Å²) in [5.74, 6) is 0.903. The molecule has 0 aliphatic carbocycles. The third-order valence-electron chi connectivity index (χ3n) is 1.97. The summed E-state index contributed by atoms with van der Waals surface area (Å²) in [4.78, 5) is 0. The first kappa shape index (κ1) is 10.3. The quantitative estimate of drug-likeness (QED) is 0.751. The predicted molar refractivity (Wildman–Crippen MR) is 54.0 cm³/mol. The molecule has 2 rings (SSSR count). The van der Waals surface area contributed by atoms with E-state index in [1.165, 1.54) is 5.57 Å². The molecular formula is C9H13ClN2O. The zero-order chi connectivity index (χ0) is 8.39. The van der Waals surface area contributed by atoms with Crippen molar-refractivity contribution in [2.45, 2.75) is 13.3 Å². The van der Waals surface area contributed by atoms with E-state index >= 15 is 0 Å². The van der Waals surface area contributed by atoms with E-state index in [2.05, 4.69) is 16.5 Å². The van der Waals surface area contributed by atoms with Crippen molar-refractivity contribution in [3.8, 4) is 0 Å². The molecule has 2 heterocycles. The summed E-state index contributed by atoms with van der Waals surface area (Å²) in [5, 5.41) is 7.13. The summed E-state index contributed by atoms with van der Waals surface area (Å²) in [6.07, 6.45) is 3.28. The fraction of sp³-hybridized carbons (Fsp3) is 0.444. The molecule has 0 aromatic carbocycles. The highest BCUT2D eigenvalue weighted by atomic mass is 35.5. The fourth-order valence-electron chi connectivity index (χ4n) is 1.35. The van der Waals surface area contributed by atoms with E-state index in [1.54, 1.807) is 0 Å². The summed E-state index contributed by atoms with van der Waals surface area (Å²) in [7, 11) is 0. The molecule has 0 amide bonds. The minimum absolute atomic E-state index is 0. The largest absolute Gasteiger partial charge is 0.356 e. The van der Waals surface area contributed by atoms with Gasteiger partial charge in [-0.25, -0.2) is 0 Å². The van der Waals surface area contributed by atoms with Gasteiger partial charge in [-0.3, -0.25) is 0 Å². The van der Waals surface area contributed by atoms with Crippen LogP contribution in [0.3, 0.4) is 0 Å². The standard InChI is InChI=1S/C9H12N2O.ClH/c1-7-5-9(12-11-7)8-3-2-4-10-6-8;/h3,5,10H,2,4,6H2,1H3;1H. The normalized spacial score (nSPS) is 16.2. The van der Waals surface area contributed by atoms with Gasteiger partial charge in [0.1, 0.15) is 0 Å². The van der Waals surface area contributed by atoms with Crippen molar-refractivity contribution in [3.63, 3.8) is 0 Å². The van der Waals surface area contributed by atoms with Crippen LogP contribution >= 0.6 is 12.4 Å². The third-order valence-corrected chi connectivity index (χ3v) is 1.97. The van der Waals surface area contributed by atoms with E-state index in [0.717, 1.165) is 31.0 Å². The molecule has 1 aromatic heterocycles. The predicted octanol–water partition coefficient (Wildman–Crippen LogP) is 1.78. The first-order valence-electron chi connectivity index (χ1n) is 4.20. The highest BCUT2D eigenvalue weighted by Crippen LogP contribution is 2.16. The van der Waals surface area contributed by atoms with Crippen molar-refractivity contribution in [1.29, 1.82) is 0 Å². The molecular weight excluding hydrogens is 188 g/mol. The minimum atomic E-state index is 0. The van der Waals surface area contributed by atoms with E-state index in [-0.39, 0.29) is 12.4 Å². The Morgan fingerprint density at radius 2 is 2.38 bits per heavy atom. The molecule has 1 N–H and O–H groups in total. The van der Waals surface area contributed by atoms with Gasteiger partial charge < -0.3 is 9.84 Å². The van der Waals surface area contributed by atoms with Gasteiger partial charge in [0, 0.05) is 18.2 Å². The van der Waals surface area contributed by atoms with Gasteiger partial charge in [-0.1, -0.05) is 11.2 Å². The molecule has 13 heavy (non-hydrogen) atoms. The van der Waals surface area contributed by atoms with Gasteiger partial charge in [0.25, 0.3) is 0 Å². The Morgan fingerprint density at radius 3 is 2.92 bits per heavy atom. The molecule has 0 atom stereocenters. The van der Waals surface area contributed by atoms with E-state index in [4.69, 9.17) is 4.52 Å². The maximum absolute atomic E-state index is 5.15. The van der Waals surface area contributed by atoms with Gasteiger partial charge in [0.2, 0.25) is 0 Å². The Hall–Kier alpha value is -0.800. The summed E-state index contributed by atoms with van der Waals surface area (Å²) in [5.41, 5.74) is 2.17. The summed E-state index contributed by atoms with van der Waals surface area (Å²) < 4.78 is 5.15. The number of rotatable bonds is 1. The van der Waals surface area contributed by atoms with Crippen molar-refractivity contribution < 1.29 is 4.52 Å². The van der Waals surface area contributed by atoms with Crippen molar-refractivity contribution in [2.24, 2.45) is 0 Å². The molecule has 1 aliphatic rings. The van der Waals surface area contributed by atoms with Crippen LogP contribution in [0.2, 0.25) is 0 Å². The number of aryl methyl sites for hydroxylation is 1. The lowest BCUT2D eigenvalue weighted by Gasteiger charge is -2.10. The molecule has 0 saturated heterocycles. The van der Waals surface area contributed by atoms with Crippen LogP contribution in [0.1, 0.15) is 17.9 Å². The first-order valence-corrected chi connectivity index (χ1v) is 4.20. The number of aromatic nitrogens is 1. The minimum Gasteiger partial charge on any atom is -0.356 e. The Morgan fingerprint density at radius 1 is 1.54 bits per heavy atom. The van der Waals surface area contributed by atoms with Crippen LogP contribution in [0.25, 0.3) is 5.57 Å². The lowest BCUT2D eigenvalue weighted by Crippen LogP contribution is -2.21. The molecule has 0 spiro atoms. The van der Waals surface area contributed by atoms with Crippen LogP contribution < -0.4 is 5.32 Å². The average molecular weight is 201 g/mol. The number of hydrogen-bond donors (Lipinski definition) is 1. The van der Waals surface area contributed by atoms with Gasteiger partial charge >= 0.3 is 0 Å². The first-order chi connectivity index (χ1) is 5.86. The van der Waals surface area contributed by atoms with E-state index in [1.807, 2.05) is 13.0 Å². The second kappa shape index (κ2) is 4.44. The second-order valence-electron chi connectivity index (χ2n) is 3.03. The lowest BCUT2D eigenvalue weighted by molar-refractivity contribution is 0.403. The van der Waals surface area contributed by atoms with Crippen molar-refractivity contribution >= 4 is 18.0 Å². The lowest BCUT2D eigenvalue weighted by atomic mass is 10.1. The number of nitrogens with zero attached hydrogens (tertiary/aromatic N) is 1. The summed E-state index contributed by atoms with van der Waals surface area (Å²) >= 11 is 0. The van der Waals surface area contributed by atoms with E-state index in [9.17, 15) is 0 Å². The van der Waals surface area contributed by atoms with Crippen LogP contribution in [0, 0.1) is 6.92 Å². The Bertz CT molecular complexity index is 306. The van der Waals surface area contributed by atoms with Gasteiger partial charge in [0.05, 0.1) is 5.69 Å². The molecule has 0 saturated carbocycles. The highest BCUT2D eigenvalue weighted by Gasteiger charge is 2.09. The topological polar surface area (TPSA) is 38.1 Å². The molecule has 0 radical (unpaired) electrons. The zero-order valence-electron chi connectivity index (χ0n) is 7.54. The molecule has 3 nitrogen and oxygen atoms in total.